The number of carbonyl (C=O) groups excluding carboxylic acids is 2. The molecule has 0 radical (unpaired) electrons. The zero-order valence-corrected chi connectivity index (χ0v) is 18.8. The number of nitrogens with one attached hydrogen (secondary N) is 1. The van der Waals surface area contributed by atoms with E-state index in [1.807, 2.05) is 58.0 Å². The maximum absolute atomic E-state index is 12.3. The molecule has 0 spiro atoms. The number of aromatic hydroxyl groups is 1. The molecule has 2 N–H and O–H groups in total. The normalized spacial score (nSPS) is 17.1. The van der Waals surface area contributed by atoms with Crippen LogP contribution in [0.5, 0.6) is 5.75 Å². The molecule has 0 bridgehead atoms. The summed E-state index contributed by atoms with van der Waals surface area (Å²) in [5.41, 5.74) is 0.916. The summed E-state index contributed by atoms with van der Waals surface area (Å²) >= 11 is 0. The largest absolute Gasteiger partial charge is 0.507 e. The third-order valence-electron chi connectivity index (χ3n) is 5.78. The van der Waals surface area contributed by atoms with Crippen LogP contribution in [0.3, 0.4) is 0 Å². The number of hydrogen-bond donors (Lipinski definition) is 2. The Hall–Kier alpha value is -3.10. The molecule has 0 aliphatic carbocycles. The van der Waals surface area contributed by atoms with E-state index in [9.17, 15) is 14.7 Å². The van der Waals surface area contributed by atoms with Gasteiger partial charge in [0.25, 0.3) is 0 Å². The number of amides is 1. The van der Waals surface area contributed by atoms with Gasteiger partial charge in [0, 0.05) is 6.54 Å². The van der Waals surface area contributed by atoms with Crippen molar-refractivity contribution in [2.75, 3.05) is 6.54 Å². The Morgan fingerprint density at radius 1 is 1.06 bits per heavy atom. The molecule has 1 aliphatic heterocycles. The van der Waals surface area contributed by atoms with E-state index < -0.39 is 24.4 Å². The summed E-state index contributed by atoms with van der Waals surface area (Å²) in [6.07, 6.45) is 1.68. The lowest BCUT2D eigenvalue weighted by molar-refractivity contribution is 0.00578. The predicted molar refractivity (Wildman–Crippen MR) is 122 cm³/mol. The molecule has 3 rings (SSSR count). The zero-order chi connectivity index (χ0) is 23.4. The summed E-state index contributed by atoms with van der Waals surface area (Å²) in [6, 6.07) is 14.1. The quantitative estimate of drug-likeness (QED) is 0.500. The van der Waals surface area contributed by atoms with Gasteiger partial charge in [0.15, 0.2) is 6.29 Å². The lowest BCUT2D eigenvalue weighted by Crippen LogP contribution is -2.41. The van der Waals surface area contributed by atoms with Gasteiger partial charge in [-0.2, -0.15) is 0 Å². The number of carbonyl (C=O) groups is 2. The summed E-state index contributed by atoms with van der Waals surface area (Å²) < 4.78 is 17.5. The Bertz CT molecular complexity index is 987. The number of phenols is 1. The van der Waals surface area contributed by atoms with E-state index >= 15 is 0 Å². The topological polar surface area (TPSA) is 94.1 Å². The first-order chi connectivity index (χ1) is 15.1. The molecule has 2 aromatic carbocycles. The molecule has 0 unspecified atom stereocenters. The number of benzene rings is 2. The number of rotatable bonds is 7. The van der Waals surface area contributed by atoms with E-state index in [2.05, 4.69) is 5.32 Å². The first-order valence-electron chi connectivity index (χ1n) is 10.4. The molecule has 0 atom stereocenters. The molecule has 7 nitrogen and oxygen atoms in total. The van der Waals surface area contributed by atoms with E-state index in [0.717, 1.165) is 5.56 Å². The highest BCUT2D eigenvalue weighted by molar-refractivity contribution is 6.56. The second-order valence-corrected chi connectivity index (χ2v) is 8.62. The molecule has 1 heterocycles. The Balaban J connectivity index is 1.79. The van der Waals surface area contributed by atoms with Gasteiger partial charge in [-0.3, -0.25) is 4.79 Å². The fourth-order valence-corrected chi connectivity index (χ4v) is 3.17. The molecule has 0 aromatic heterocycles. The lowest BCUT2D eigenvalue weighted by atomic mass is 9.76. The van der Waals surface area contributed by atoms with Crippen molar-refractivity contribution in [3.05, 3.63) is 70.7 Å². The van der Waals surface area contributed by atoms with Gasteiger partial charge in [-0.25, -0.2) is 4.79 Å². The van der Waals surface area contributed by atoms with Gasteiger partial charge in [-0.15, -0.1) is 0 Å². The zero-order valence-electron chi connectivity index (χ0n) is 18.8. The van der Waals surface area contributed by atoms with E-state index in [0.29, 0.717) is 17.3 Å². The second-order valence-electron chi connectivity index (χ2n) is 8.62. The van der Waals surface area contributed by atoms with Gasteiger partial charge < -0.3 is 24.5 Å². The molecular formula is C24H28BNO6. The van der Waals surface area contributed by atoms with Crippen LogP contribution in [0.2, 0.25) is 0 Å². The number of ether oxygens (including phenoxy) is 1. The van der Waals surface area contributed by atoms with Crippen LogP contribution in [0, 0.1) is 0 Å². The molecule has 168 valence electrons. The second kappa shape index (κ2) is 9.59. The molecule has 1 fully saturated rings. The van der Waals surface area contributed by atoms with Crippen molar-refractivity contribution in [3.8, 4) is 5.75 Å². The van der Waals surface area contributed by atoms with E-state index in [-0.39, 0.29) is 24.5 Å². The SMILES string of the molecule is CC1(C)OB(C(=Cc2cccc(O)c2C=O)CNC(=O)OCc2ccccc2)OC1(C)C. The van der Waals surface area contributed by atoms with Gasteiger partial charge in [0.1, 0.15) is 12.4 Å². The molecule has 1 aliphatic rings. The number of aldehydes is 1. The van der Waals surface area contributed by atoms with Crippen molar-refractivity contribution in [1.82, 2.24) is 5.32 Å². The molecular weight excluding hydrogens is 409 g/mol. The van der Waals surface area contributed by atoms with E-state index in [4.69, 9.17) is 14.0 Å². The van der Waals surface area contributed by atoms with Crippen molar-refractivity contribution in [1.29, 1.82) is 0 Å². The Kier molecular flexibility index (Phi) is 7.06. The van der Waals surface area contributed by atoms with Gasteiger partial charge in [-0.1, -0.05) is 48.5 Å². The standard InChI is InChI=1S/C24H28BNO6/c1-23(2)24(3,4)32-25(31-23)19(13-18-11-8-12-21(28)20(18)15-27)14-26-22(29)30-16-17-9-6-5-7-10-17/h5-13,15,28H,14,16H2,1-4H3,(H,26,29). The molecule has 2 aromatic rings. The first-order valence-corrected chi connectivity index (χ1v) is 10.4. The highest BCUT2D eigenvalue weighted by Crippen LogP contribution is 2.39. The molecule has 0 saturated carbocycles. The highest BCUT2D eigenvalue weighted by atomic mass is 16.7. The van der Waals surface area contributed by atoms with Crippen molar-refractivity contribution < 1.29 is 28.7 Å². The fourth-order valence-electron chi connectivity index (χ4n) is 3.17. The maximum atomic E-state index is 12.3. The summed E-state index contributed by atoms with van der Waals surface area (Å²) in [6.45, 7) is 7.92. The average molecular weight is 437 g/mol. The van der Waals surface area contributed by atoms with Crippen molar-refractivity contribution in [2.24, 2.45) is 0 Å². The van der Waals surface area contributed by atoms with Crippen LogP contribution in [0.4, 0.5) is 4.79 Å². The number of hydrogen-bond acceptors (Lipinski definition) is 6. The summed E-state index contributed by atoms with van der Waals surface area (Å²) in [5.74, 6) is -0.128. The summed E-state index contributed by atoms with van der Waals surface area (Å²) in [7, 11) is -0.753. The van der Waals surface area contributed by atoms with E-state index in [1.165, 1.54) is 6.07 Å². The van der Waals surface area contributed by atoms with Gasteiger partial charge in [-0.05, 0) is 50.4 Å². The monoisotopic (exact) mass is 437 g/mol. The first kappa shape index (κ1) is 23.6. The number of alkyl carbamates (subject to hydrolysis) is 1. The summed E-state index contributed by atoms with van der Waals surface area (Å²) in [4.78, 5) is 23.8. The van der Waals surface area contributed by atoms with Crippen molar-refractivity contribution in [3.63, 3.8) is 0 Å². The van der Waals surface area contributed by atoms with Gasteiger partial charge in [0.05, 0.1) is 16.8 Å². The van der Waals surface area contributed by atoms with Crippen LogP contribution >= 0.6 is 0 Å². The molecule has 1 amide bonds. The third-order valence-corrected chi connectivity index (χ3v) is 5.78. The van der Waals surface area contributed by atoms with Crippen molar-refractivity contribution in [2.45, 2.75) is 45.5 Å². The molecule has 8 heteroatoms. The van der Waals surface area contributed by atoms with Crippen LogP contribution < -0.4 is 5.32 Å². The van der Waals surface area contributed by atoms with Crippen LogP contribution in [-0.4, -0.2) is 42.4 Å². The lowest BCUT2D eigenvalue weighted by Gasteiger charge is -2.32. The molecule has 32 heavy (non-hydrogen) atoms. The molecule has 1 saturated heterocycles. The van der Waals surface area contributed by atoms with Gasteiger partial charge >= 0.3 is 13.2 Å². The summed E-state index contributed by atoms with van der Waals surface area (Å²) in [5, 5.41) is 12.7. The predicted octanol–water partition coefficient (Wildman–Crippen LogP) is 4.15. The van der Waals surface area contributed by atoms with Crippen LogP contribution in [0.1, 0.15) is 49.2 Å². The minimum absolute atomic E-state index is 0.0679. The minimum atomic E-state index is -0.753. The smallest absolute Gasteiger partial charge is 0.492 e. The average Bonchev–Trinajstić information content (AvgIpc) is 2.97. The van der Waals surface area contributed by atoms with Crippen LogP contribution in [0.15, 0.2) is 54.0 Å². The minimum Gasteiger partial charge on any atom is -0.507 e. The maximum Gasteiger partial charge on any atom is 0.492 e. The van der Waals surface area contributed by atoms with E-state index in [1.54, 1.807) is 18.2 Å². The fraction of sp³-hybridized carbons (Fsp3) is 0.333. The van der Waals surface area contributed by atoms with Gasteiger partial charge in [0.2, 0.25) is 0 Å². The van der Waals surface area contributed by atoms with Crippen LogP contribution in [0.25, 0.3) is 6.08 Å². The Morgan fingerprint density at radius 2 is 1.72 bits per heavy atom. The van der Waals surface area contributed by atoms with Crippen molar-refractivity contribution >= 4 is 25.6 Å². The highest BCUT2D eigenvalue weighted by Gasteiger charge is 2.52. The Morgan fingerprint density at radius 3 is 2.34 bits per heavy atom. The van der Waals surface area contributed by atoms with Crippen LogP contribution in [-0.2, 0) is 20.7 Å². The number of phenolic OH excluding ortho intramolecular Hbond substituents is 1. The Labute approximate surface area is 188 Å². The third kappa shape index (κ3) is 5.38.